The largest absolute Gasteiger partial charge is 0.364 e. The second-order valence-corrected chi connectivity index (χ2v) is 5.80. The fourth-order valence-electron chi connectivity index (χ4n) is 2.49. The minimum atomic E-state index is 0.701. The zero-order valence-electron chi connectivity index (χ0n) is 10.7. The molecule has 3 rings (SSSR count). The molecule has 0 saturated carbocycles. The molecule has 2 heterocycles. The minimum absolute atomic E-state index is 0.701. The van der Waals surface area contributed by atoms with Crippen molar-refractivity contribution in [2.75, 3.05) is 5.32 Å². The van der Waals surface area contributed by atoms with Crippen molar-refractivity contribution in [1.82, 2.24) is 15.2 Å². The van der Waals surface area contributed by atoms with Crippen LogP contribution in [-0.4, -0.2) is 15.2 Å². The number of aromatic amines is 1. The Balaban J connectivity index is 1.72. The monoisotopic (exact) mass is 320 g/mol. The molecule has 0 saturated heterocycles. The van der Waals surface area contributed by atoms with E-state index in [9.17, 15) is 0 Å². The van der Waals surface area contributed by atoms with Crippen LogP contribution in [0.1, 0.15) is 36.1 Å². The number of aromatic nitrogens is 3. The van der Waals surface area contributed by atoms with E-state index in [1.807, 2.05) is 6.20 Å². The Morgan fingerprint density at radius 3 is 2.79 bits per heavy atom. The molecule has 100 valence electrons. The maximum Gasteiger partial charge on any atom is 0.126 e. The summed E-state index contributed by atoms with van der Waals surface area (Å²) in [5.74, 6) is 0.946. The van der Waals surface area contributed by atoms with Gasteiger partial charge in [-0.3, -0.25) is 5.10 Å². The van der Waals surface area contributed by atoms with Gasteiger partial charge in [0.05, 0.1) is 22.9 Å². The molecular formula is C14H17BrN4. The van der Waals surface area contributed by atoms with E-state index in [0.29, 0.717) is 6.54 Å². The van der Waals surface area contributed by atoms with E-state index in [4.69, 9.17) is 0 Å². The standard InChI is InChI=1S/C14H17BrN4/c15-12-8-18-19-13(12)9-17-14-6-10-4-2-1-3-5-11(10)7-16-14/h6-8H,1-5,9H2,(H,16,17)(H,18,19). The Kier molecular flexibility index (Phi) is 3.82. The number of H-pyrrole nitrogens is 1. The number of halogens is 1. The van der Waals surface area contributed by atoms with Crippen LogP contribution in [0.2, 0.25) is 0 Å². The van der Waals surface area contributed by atoms with Gasteiger partial charge in [0.25, 0.3) is 0 Å². The second-order valence-electron chi connectivity index (χ2n) is 4.95. The fraction of sp³-hybridized carbons (Fsp3) is 0.429. The number of aryl methyl sites for hydroxylation is 2. The van der Waals surface area contributed by atoms with Crippen molar-refractivity contribution in [2.45, 2.75) is 38.6 Å². The van der Waals surface area contributed by atoms with E-state index in [1.54, 1.807) is 6.20 Å². The molecule has 2 aromatic rings. The van der Waals surface area contributed by atoms with Gasteiger partial charge >= 0.3 is 0 Å². The third kappa shape index (κ3) is 2.97. The maximum atomic E-state index is 4.50. The van der Waals surface area contributed by atoms with E-state index in [-0.39, 0.29) is 0 Å². The van der Waals surface area contributed by atoms with Crippen LogP contribution in [0.25, 0.3) is 0 Å². The third-order valence-corrected chi connectivity index (χ3v) is 4.27. The predicted molar refractivity (Wildman–Crippen MR) is 79.1 cm³/mol. The van der Waals surface area contributed by atoms with Gasteiger partial charge in [0.1, 0.15) is 5.82 Å². The molecule has 0 bridgehead atoms. The minimum Gasteiger partial charge on any atom is -0.364 e. The summed E-state index contributed by atoms with van der Waals surface area (Å²) in [6.45, 7) is 0.701. The van der Waals surface area contributed by atoms with Gasteiger partial charge < -0.3 is 5.32 Å². The van der Waals surface area contributed by atoms with Crippen LogP contribution in [0.5, 0.6) is 0 Å². The van der Waals surface area contributed by atoms with Crippen molar-refractivity contribution in [2.24, 2.45) is 0 Å². The number of pyridine rings is 1. The lowest BCUT2D eigenvalue weighted by atomic mass is 10.1. The Hall–Kier alpha value is -1.36. The summed E-state index contributed by atoms with van der Waals surface area (Å²) < 4.78 is 0.995. The number of hydrogen-bond donors (Lipinski definition) is 2. The van der Waals surface area contributed by atoms with Gasteiger partial charge in [0.15, 0.2) is 0 Å². The Bertz CT molecular complexity index is 564. The molecule has 19 heavy (non-hydrogen) atoms. The summed E-state index contributed by atoms with van der Waals surface area (Å²) in [5, 5.41) is 10.3. The molecule has 2 N–H and O–H groups in total. The van der Waals surface area contributed by atoms with E-state index in [1.165, 1.54) is 43.2 Å². The van der Waals surface area contributed by atoms with Gasteiger partial charge in [0, 0.05) is 6.20 Å². The van der Waals surface area contributed by atoms with E-state index in [2.05, 4.69) is 42.5 Å². The van der Waals surface area contributed by atoms with E-state index >= 15 is 0 Å². The van der Waals surface area contributed by atoms with Crippen LogP contribution in [0.4, 0.5) is 5.82 Å². The number of hydrogen-bond acceptors (Lipinski definition) is 3. The summed E-state index contributed by atoms with van der Waals surface area (Å²) in [5.41, 5.74) is 3.92. The highest BCUT2D eigenvalue weighted by atomic mass is 79.9. The smallest absolute Gasteiger partial charge is 0.126 e. The molecule has 2 aromatic heterocycles. The molecule has 1 aliphatic rings. The van der Waals surface area contributed by atoms with Gasteiger partial charge in [-0.15, -0.1) is 0 Å². The zero-order chi connectivity index (χ0) is 13.1. The molecular weight excluding hydrogens is 304 g/mol. The molecule has 0 aromatic carbocycles. The first kappa shape index (κ1) is 12.7. The van der Waals surface area contributed by atoms with Crippen LogP contribution in [0.15, 0.2) is 22.9 Å². The van der Waals surface area contributed by atoms with Crippen LogP contribution in [0, 0.1) is 0 Å². The second kappa shape index (κ2) is 5.74. The zero-order valence-corrected chi connectivity index (χ0v) is 12.3. The molecule has 0 unspecified atom stereocenters. The molecule has 0 amide bonds. The van der Waals surface area contributed by atoms with Crippen LogP contribution in [0.3, 0.4) is 0 Å². The summed E-state index contributed by atoms with van der Waals surface area (Å²) in [4.78, 5) is 4.50. The highest BCUT2D eigenvalue weighted by Crippen LogP contribution is 2.22. The summed E-state index contributed by atoms with van der Waals surface area (Å²) >= 11 is 3.46. The van der Waals surface area contributed by atoms with Crippen LogP contribution in [-0.2, 0) is 19.4 Å². The van der Waals surface area contributed by atoms with Crippen LogP contribution >= 0.6 is 15.9 Å². The van der Waals surface area contributed by atoms with Crippen molar-refractivity contribution in [3.63, 3.8) is 0 Å². The van der Waals surface area contributed by atoms with Crippen molar-refractivity contribution in [3.05, 3.63) is 39.8 Å². The third-order valence-electron chi connectivity index (χ3n) is 3.59. The summed E-state index contributed by atoms with van der Waals surface area (Å²) in [7, 11) is 0. The first-order valence-electron chi connectivity index (χ1n) is 6.72. The SMILES string of the molecule is Brc1cn[nH]c1CNc1cc2c(cn1)CCCCC2. The van der Waals surface area contributed by atoms with Gasteiger partial charge in [-0.05, 0) is 58.8 Å². The van der Waals surface area contributed by atoms with Gasteiger partial charge in [0.2, 0.25) is 0 Å². The fourth-order valence-corrected chi connectivity index (χ4v) is 2.82. The number of nitrogens with zero attached hydrogens (tertiary/aromatic N) is 2. The van der Waals surface area contributed by atoms with Crippen molar-refractivity contribution in [3.8, 4) is 0 Å². The quantitative estimate of drug-likeness (QED) is 0.852. The number of anilines is 1. The topological polar surface area (TPSA) is 53.6 Å². The molecule has 0 fully saturated rings. The predicted octanol–water partition coefficient (Wildman–Crippen LogP) is 3.45. The average molecular weight is 321 g/mol. The molecule has 0 atom stereocenters. The first-order chi connectivity index (χ1) is 9.33. The van der Waals surface area contributed by atoms with Crippen molar-refractivity contribution >= 4 is 21.7 Å². The number of fused-ring (bicyclic) bond motifs is 1. The van der Waals surface area contributed by atoms with Crippen molar-refractivity contribution in [1.29, 1.82) is 0 Å². The maximum absolute atomic E-state index is 4.50. The lowest BCUT2D eigenvalue weighted by Gasteiger charge is -2.09. The lowest BCUT2D eigenvalue weighted by molar-refractivity contribution is 0.711. The first-order valence-corrected chi connectivity index (χ1v) is 7.51. The molecule has 4 nitrogen and oxygen atoms in total. The Morgan fingerprint density at radius 1 is 1.16 bits per heavy atom. The van der Waals surface area contributed by atoms with E-state index in [0.717, 1.165) is 16.0 Å². The highest BCUT2D eigenvalue weighted by Gasteiger charge is 2.09. The van der Waals surface area contributed by atoms with E-state index < -0.39 is 0 Å². The Labute approximate surface area is 121 Å². The van der Waals surface area contributed by atoms with Gasteiger partial charge in [-0.1, -0.05) is 6.42 Å². The Morgan fingerprint density at radius 2 is 2.00 bits per heavy atom. The van der Waals surface area contributed by atoms with Gasteiger partial charge in [-0.2, -0.15) is 5.10 Å². The highest BCUT2D eigenvalue weighted by molar-refractivity contribution is 9.10. The number of rotatable bonds is 3. The molecule has 1 aliphatic carbocycles. The average Bonchev–Trinajstić information content (AvgIpc) is 2.70. The molecule has 5 heteroatoms. The van der Waals surface area contributed by atoms with Crippen LogP contribution < -0.4 is 5.32 Å². The van der Waals surface area contributed by atoms with Crippen molar-refractivity contribution < 1.29 is 0 Å². The molecule has 0 radical (unpaired) electrons. The lowest BCUT2D eigenvalue weighted by Crippen LogP contribution is -2.04. The number of nitrogens with one attached hydrogen (secondary N) is 2. The molecule has 0 aliphatic heterocycles. The summed E-state index contributed by atoms with van der Waals surface area (Å²) in [6.07, 6.45) is 10.1. The molecule has 0 spiro atoms. The summed E-state index contributed by atoms with van der Waals surface area (Å²) in [6, 6.07) is 2.20. The van der Waals surface area contributed by atoms with Gasteiger partial charge in [-0.25, -0.2) is 4.98 Å². The normalized spacial score (nSPS) is 14.8.